The monoisotopic (exact) mass is 243 g/mol. The second-order valence-corrected chi connectivity index (χ2v) is 5.56. The molecule has 0 spiro atoms. The molecule has 1 fully saturated rings. The first-order valence-electron chi connectivity index (χ1n) is 5.75. The molecule has 2 aromatic rings. The van der Waals surface area contributed by atoms with Crippen molar-refractivity contribution in [1.29, 1.82) is 0 Å². The highest BCUT2D eigenvalue weighted by atomic mass is 32.1. The largest absolute Gasteiger partial charge is 0.294 e. The van der Waals surface area contributed by atoms with Crippen LogP contribution in [0.5, 0.6) is 0 Å². The van der Waals surface area contributed by atoms with Gasteiger partial charge in [0, 0.05) is 18.5 Å². The number of Topliss-reactive ketones (excluding diaryl/α,β-unsaturated/α-hetero) is 1. The predicted octanol–water partition coefficient (Wildman–Crippen LogP) is 3.43. The van der Waals surface area contributed by atoms with Gasteiger partial charge in [-0.2, -0.15) is 0 Å². The molecule has 0 saturated heterocycles. The minimum absolute atomic E-state index is 0.0969. The molecule has 1 aliphatic carbocycles. The van der Waals surface area contributed by atoms with Gasteiger partial charge >= 0.3 is 0 Å². The van der Waals surface area contributed by atoms with Crippen molar-refractivity contribution in [2.75, 3.05) is 0 Å². The molecule has 1 aromatic heterocycles. The van der Waals surface area contributed by atoms with Gasteiger partial charge in [-0.25, -0.2) is 4.98 Å². The van der Waals surface area contributed by atoms with E-state index in [1.165, 1.54) is 5.56 Å². The van der Waals surface area contributed by atoms with E-state index >= 15 is 0 Å². The van der Waals surface area contributed by atoms with Crippen molar-refractivity contribution in [3.05, 3.63) is 52.0 Å². The predicted molar refractivity (Wildman–Crippen MR) is 68.6 cm³/mol. The van der Waals surface area contributed by atoms with Crippen LogP contribution < -0.4 is 0 Å². The van der Waals surface area contributed by atoms with Crippen LogP contribution in [0.4, 0.5) is 0 Å². The zero-order valence-electron chi connectivity index (χ0n) is 9.64. The molecule has 1 aromatic carbocycles. The first-order chi connectivity index (χ1) is 8.22. The van der Waals surface area contributed by atoms with Crippen LogP contribution in [0.3, 0.4) is 0 Å². The molecule has 0 N–H and O–H groups in total. The smallest absolute Gasteiger partial charge is 0.171 e. The fourth-order valence-electron chi connectivity index (χ4n) is 2.17. The lowest BCUT2D eigenvalue weighted by molar-refractivity contribution is 0.102. The van der Waals surface area contributed by atoms with Gasteiger partial charge in [-0.15, -0.1) is 11.3 Å². The Balaban J connectivity index is 2.01. The molecule has 0 atom stereocenters. The van der Waals surface area contributed by atoms with Crippen LogP contribution in [0.2, 0.25) is 0 Å². The molecule has 17 heavy (non-hydrogen) atoms. The highest BCUT2D eigenvalue weighted by molar-refractivity contribution is 7.13. The van der Waals surface area contributed by atoms with E-state index in [9.17, 15) is 4.79 Å². The van der Waals surface area contributed by atoms with Gasteiger partial charge < -0.3 is 0 Å². The van der Waals surface area contributed by atoms with Crippen LogP contribution >= 0.6 is 11.3 Å². The van der Waals surface area contributed by atoms with E-state index in [-0.39, 0.29) is 11.2 Å². The molecule has 2 nitrogen and oxygen atoms in total. The zero-order chi connectivity index (χ0) is 11.9. The summed E-state index contributed by atoms with van der Waals surface area (Å²) in [5.74, 6) is 0.109. The number of aromatic nitrogens is 1. The zero-order valence-corrected chi connectivity index (χ0v) is 10.5. The molecule has 3 heteroatoms. The van der Waals surface area contributed by atoms with Crippen molar-refractivity contribution in [2.24, 2.45) is 0 Å². The summed E-state index contributed by atoms with van der Waals surface area (Å²) in [4.78, 5) is 16.5. The molecule has 86 valence electrons. The Labute approximate surface area is 104 Å². The van der Waals surface area contributed by atoms with E-state index in [1.807, 2.05) is 6.07 Å². The van der Waals surface area contributed by atoms with Gasteiger partial charge in [0.25, 0.3) is 0 Å². The summed E-state index contributed by atoms with van der Waals surface area (Å²) < 4.78 is 0. The van der Waals surface area contributed by atoms with Crippen molar-refractivity contribution in [3.63, 3.8) is 0 Å². The number of ketones is 1. The third-order valence-electron chi connectivity index (χ3n) is 3.34. The summed E-state index contributed by atoms with van der Waals surface area (Å²) in [5, 5.41) is 1.09. The molecule has 0 radical (unpaired) electrons. The average molecular weight is 243 g/mol. The summed E-state index contributed by atoms with van der Waals surface area (Å²) in [6.45, 7) is 1.60. The lowest BCUT2D eigenvalue weighted by Crippen LogP contribution is -2.07. The van der Waals surface area contributed by atoms with Crippen LogP contribution in [0.15, 0.2) is 36.5 Å². The van der Waals surface area contributed by atoms with Crippen LogP contribution in [-0.4, -0.2) is 10.8 Å². The average Bonchev–Trinajstić information content (AvgIpc) is 3.00. The van der Waals surface area contributed by atoms with Gasteiger partial charge in [-0.05, 0) is 18.4 Å². The summed E-state index contributed by atoms with van der Waals surface area (Å²) in [5.41, 5.74) is 1.42. The summed E-state index contributed by atoms with van der Waals surface area (Å²) in [6.07, 6.45) is 4.00. The second-order valence-electron chi connectivity index (χ2n) is 4.53. The number of nitrogens with zero attached hydrogens (tertiary/aromatic N) is 1. The van der Waals surface area contributed by atoms with E-state index in [1.54, 1.807) is 24.5 Å². The third kappa shape index (κ3) is 1.71. The first kappa shape index (κ1) is 10.7. The normalized spacial score (nSPS) is 16.8. The number of hydrogen-bond acceptors (Lipinski definition) is 3. The van der Waals surface area contributed by atoms with Gasteiger partial charge in [0.15, 0.2) is 5.78 Å². The fraction of sp³-hybridized carbons (Fsp3) is 0.286. The van der Waals surface area contributed by atoms with Gasteiger partial charge in [-0.1, -0.05) is 30.3 Å². The van der Waals surface area contributed by atoms with Crippen molar-refractivity contribution in [2.45, 2.75) is 25.2 Å². The Morgan fingerprint density at radius 1 is 1.29 bits per heavy atom. The van der Waals surface area contributed by atoms with Crippen molar-refractivity contribution in [3.8, 4) is 0 Å². The fourth-order valence-corrected chi connectivity index (χ4v) is 3.25. The van der Waals surface area contributed by atoms with Crippen molar-refractivity contribution < 1.29 is 4.79 Å². The highest BCUT2D eigenvalue weighted by Gasteiger charge is 2.48. The Morgan fingerprint density at radius 2 is 2.00 bits per heavy atom. The topological polar surface area (TPSA) is 30.0 Å². The maximum atomic E-state index is 11.3. The minimum Gasteiger partial charge on any atom is -0.294 e. The molecule has 1 saturated carbocycles. The van der Waals surface area contributed by atoms with Crippen LogP contribution in [0, 0.1) is 0 Å². The third-order valence-corrected chi connectivity index (χ3v) is 4.64. The Bertz CT molecular complexity index is 555. The van der Waals surface area contributed by atoms with Gasteiger partial charge in [0.05, 0.1) is 4.88 Å². The van der Waals surface area contributed by atoms with Crippen molar-refractivity contribution in [1.82, 2.24) is 4.98 Å². The van der Waals surface area contributed by atoms with Gasteiger partial charge in [0.2, 0.25) is 0 Å². The van der Waals surface area contributed by atoms with Gasteiger partial charge in [0.1, 0.15) is 5.01 Å². The molecular formula is C14H13NOS. The number of benzene rings is 1. The Hall–Kier alpha value is -1.48. The standard InChI is InChI=1S/C14H13NOS/c1-10(16)12-9-15-13(17-12)14(7-8-14)11-5-3-2-4-6-11/h2-6,9H,7-8H2,1H3. The molecule has 1 heterocycles. The van der Waals surface area contributed by atoms with Gasteiger partial charge in [-0.3, -0.25) is 4.79 Å². The van der Waals surface area contributed by atoms with Crippen LogP contribution in [-0.2, 0) is 5.41 Å². The number of rotatable bonds is 3. The summed E-state index contributed by atoms with van der Waals surface area (Å²) in [7, 11) is 0. The van der Waals surface area contributed by atoms with Crippen molar-refractivity contribution >= 4 is 17.1 Å². The SMILES string of the molecule is CC(=O)c1cnc(C2(c3ccccc3)CC2)s1. The van der Waals surface area contributed by atoms with E-state index in [0.717, 1.165) is 22.7 Å². The first-order valence-corrected chi connectivity index (χ1v) is 6.57. The minimum atomic E-state index is 0.0969. The molecular weight excluding hydrogens is 230 g/mol. The van der Waals surface area contributed by atoms with E-state index in [2.05, 4.69) is 29.2 Å². The molecule has 0 unspecified atom stereocenters. The highest BCUT2D eigenvalue weighted by Crippen LogP contribution is 2.54. The quantitative estimate of drug-likeness (QED) is 0.773. The van der Waals surface area contributed by atoms with Crippen LogP contribution in [0.1, 0.15) is 40.0 Å². The molecule has 0 bridgehead atoms. The van der Waals surface area contributed by atoms with E-state index < -0.39 is 0 Å². The Morgan fingerprint density at radius 3 is 2.53 bits per heavy atom. The molecule has 3 rings (SSSR count). The van der Waals surface area contributed by atoms with E-state index in [4.69, 9.17) is 0 Å². The molecule has 0 amide bonds. The van der Waals surface area contributed by atoms with E-state index in [0.29, 0.717) is 0 Å². The lowest BCUT2D eigenvalue weighted by atomic mass is 9.97. The molecule has 1 aliphatic rings. The lowest BCUT2D eigenvalue weighted by Gasteiger charge is -2.11. The number of carbonyl (C=O) groups is 1. The number of carbonyl (C=O) groups excluding carboxylic acids is 1. The summed E-state index contributed by atoms with van der Waals surface area (Å²) >= 11 is 1.54. The Kier molecular flexibility index (Phi) is 2.37. The maximum Gasteiger partial charge on any atom is 0.171 e. The maximum absolute atomic E-state index is 11.3. The van der Waals surface area contributed by atoms with Crippen LogP contribution in [0.25, 0.3) is 0 Å². The number of thiazole rings is 1. The molecule has 0 aliphatic heterocycles. The number of hydrogen-bond donors (Lipinski definition) is 0. The summed E-state index contributed by atoms with van der Waals surface area (Å²) in [6, 6.07) is 10.5. The second kappa shape index (κ2) is 3.77.